The Balaban J connectivity index is 3.01. The Bertz CT molecular complexity index is 345. The van der Waals surface area contributed by atoms with Crippen molar-refractivity contribution >= 4 is 12.1 Å². The minimum absolute atomic E-state index is 0.0160. The standard InChI is InChI=1S/C10H9FO2/c1-7-2-3-8(9(11)6-7)10(13)4-5-12/h2-3,5-6H,4H2,1H3. The molecule has 0 saturated heterocycles. The van der Waals surface area contributed by atoms with Crippen molar-refractivity contribution in [3.63, 3.8) is 0 Å². The van der Waals surface area contributed by atoms with Crippen LogP contribution in [0.2, 0.25) is 0 Å². The van der Waals surface area contributed by atoms with E-state index in [9.17, 15) is 14.0 Å². The predicted molar refractivity (Wildman–Crippen MR) is 46.1 cm³/mol. The second kappa shape index (κ2) is 3.94. The number of rotatable bonds is 3. The van der Waals surface area contributed by atoms with E-state index in [1.165, 1.54) is 12.1 Å². The van der Waals surface area contributed by atoms with Crippen molar-refractivity contribution in [3.8, 4) is 0 Å². The summed E-state index contributed by atoms with van der Waals surface area (Å²) in [7, 11) is 0. The molecule has 0 aromatic heterocycles. The number of Topliss-reactive ketones (excluding diaryl/α,β-unsaturated/α-hetero) is 1. The minimum atomic E-state index is -0.563. The lowest BCUT2D eigenvalue weighted by Crippen LogP contribution is -2.02. The first kappa shape index (κ1) is 9.58. The molecule has 0 amide bonds. The summed E-state index contributed by atoms with van der Waals surface area (Å²) in [4.78, 5) is 21.1. The largest absolute Gasteiger partial charge is 0.303 e. The van der Waals surface area contributed by atoms with E-state index in [0.29, 0.717) is 6.29 Å². The van der Waals surface area contributed by atoms with Gasteiger partial charge in [0.25, 0.3) is 0 Å². The van der Waals surface area contributed by atoms with Crippen molar-refractivity contribution in [2.45, 2.75) is 13.3 Å². The number of carbonyl (C=O) groups is 2. The number of ketones is 1. The summed E-state index contributed by atoms with van der Waals surface area (Å²) >= 11 is 0. The van der Waals surface area contributed by atoms with Gasteiger partial charge in [0.05, 0.1) is 12.0 Å². The van der Waals surface area contributed by atoms with Gasteiger partial charge in [-0.2, -0.15) is 0 Å². The van der Waals surface area contributed by atoms with Gasteiger partial charge in [0.1, 0.15) is 12.1 Å². The van der Waals surface area contributed by atoms with E-state index in [0.717, 1.165) is 5.56 Å². The van der Waals surface area contributed by atoms with Crippen LogP contribution < -0.4 is 0 Å². The highest BCUT2D eigenvalue weighted by molar-refractivity contribution is 6.02. The van der Waals surface area contributed by atoms with Gasteiger partial charge in [0.15, 0.2) is 5.78 Å². The van der Waals surface area contributed by atoms with E-state index in [1.807, 2.05) is 0 Å². The molecule has 0 heterocycles. The summed E-state index contributed by atoms with van der Waals surface area (Å²) in [6.45, 7) is 1.73. The van der Waals surface area contributed by atoms with Gasteiger partial charge < -0.3 is 4.79 Å². The Morgan fingerprint density at radius 3 is 2.77 bits per heavy atom. The molecular weight excluding hydrogens is 171 g/mol. The van der Waals surface area contributed by atoms with Crippen LogP contribution >= 0.6 is 0 Å². The van der Waals surface area contributed by atoms with Crippen LogP contribution in [0.15, 0.2) is 18.2 Å². The molecule has 3 heteroatoms. The Morgan fingerprint density at radius 1 is 1.54 bits per heavy atom. The molecule has 13 heavy (non-hydrogen) atoms. The van der Waals surface area contributed by atoms with Crippen LogP contribution in [0.4, 0.5) is 4.39 Å². The number of aryl methyl sites for hydroxylation is 1. The Kier molecular flexibility index (Phi) is 2.90. The van der Waals surface area contributed by atoms with Gasteiger partial charge in [-0.25, -0.2) is 4.39 Å². The summed E-state index contributed by atoms with van der Waals surface area (Å²) in [5, 5.41) is 0. The fourth-order valence-electron chi connectivity index (χ4n) is 1.03. The Morgan fingerprint density at radius 2 is 2.23 bits per heavy atom. The normalized spacial score (nSPS) is 9.69. The summed E-state index contributed by atoms with van der Waals surface area (Å²) in [5.74, 6) is -1.04. The van der Waals surface area contributed by atoms with Gasteiger partial charge in [-0.15, -0.1) is 0 Å². The molecule has 0 spiro atoms. The van der Waals surface area contributed by atoms with Crippen molar-refractivity contribution in [2.75, 3.05) is 0 Å². The highest BCUT2D eigenvalue weighted by atomic mass is 19.1. The topological polar surface area (TPSA) is 34.1 Å². The summed E-state index contributed by atoms with van der Waals surface area (Å²) < 4.78 is 13.1. The molecule has 0 fully saturated rings. The average Bonchev–Trinajstić information content (AvgIpc) is 2.04. The van der Waals surface area contributed by atoms with Gasteiger partial charge in [-0.05, 0) is 24.6 Å². The van der Waals surface area contributed by atoms with Crippen molar-refractivity contribution in [3.05, 3.63) is 35.1 Å². The fraction of sp³-hybridized carbons (Fsp3) is 0.200. The van der Waals surface area contributed by atoms with Gasteiger partial charge in [-0.3, -0.25) is 4.79 Å². The van der Waals surface area contributed by atoms with Crippen LogP contribution in [0.5, 0.6) is 0 Å². The number of hydrogen-bond acceptors (Lipinski definition) is 2. The second-order valence-electron chi connectivity index (χ2n) is 2.78. The van der Waals surface area contributed by atoms with Crippen molar-refractivity contribution < 1.29 is 14.0 Å². The van der Waals surface area contributed by atoms with Gasteiger partial charge in [0, 0.05) is 0 Å². The smallest absolute Gasteiger partial charge is 0.172 e. The maximum atomic E-state index is 13.1. The van der Waals surface area contributed by atoms with Crippen LogP contribution in [0.25, 0.3) is 0 Å². The maximum absolute atomic E-state index is 13.1. The third-order valence-electron chi connectivity index (χ3n) is 1.69. The average molecular weight is 180 g/mol. The second-order valence-corrected chi connectivity index (χ2v) is 2.78. The summed E-state index contributed by atoms with van der Waals surface area (Å²) in [6, 6.07) is 4.32. The maximum Gasteiger partial charge on any atom is 0.172 e. The molecule has 68 valence electrons. The van der Waals surface area contributed by atoms with E-state index >= 15 is 0 Å². The highest BCUT2D eigenvalue weighted by Crippen LogP contribution is 2.11. The van der Waals surface area contributed by atoms with E-state index in [4.69, 9.17) is 0 Å². The molecule has 0 saturated carbocycles. The molecule has 0 radical (unpaired) electrons. The molecule has 0 unspecified atom stereocenters. The first-order chi connectivity index (χ1) is 6.15. The minimum Gasteiger partial charge on any atom is -0.303 e. The summed E-state index contributed by atoms with van der Waals surface area (Å²) in [5.41, 5.74) is 0.734. The molecule has 0 aliphatic rings. The zero-order valence-electron chi connectivity index (χ0n) is 7.21. The molecule has 0 aliphatic heterocycles. The number of carbonyl (C=O) groups excluding carboxylic acids is 2. The number of aldehydes is 1. The van der Waals surface area contributed by atoms with E-state index < -0.39 is 11.6 Å². The first-order valence-electron chi connectivity index (χ1n) is 3.88. The van der Waals surface area contributed by atoms with Crippen molar-refractivity contribution in [1.82, 2.24) is 0 Å². The van der Waals surface area contributed by atoms with Crippen LogP contribution in [-0.4, -0.2) is 12.1 Å². The van der Waals surface area contributed by atoms with Gasteiger partial charge in [0.2, 0.25) is 0 Å². The number of halogens is 1. The molecule has 0 atom stereocenters. The highest BCUT2D eigenvalue weighted by Gasteiger charge is 2.10. The fourth-order valence-corrected chi connectivity index (χ4v) is 1.03. The lowest BCUT2D eigenvalue weighted by atomic mass is 10.1. The molecule has 0 aliphatic carbocycles. The third kappa shape index (κ3) is 2.21. The number of hydrogen-bond donors (Lipinski definition) is 0. The molecule has 1 aromatic rings. The van der Waals surface area contributed by atoms with Crippen LogP contribution in [-0.2, 0) is 4.79 Å². The zero-order chi connectivity index (χ0) is 9.84. The van der Waals surface area contributed by atoms with Crippen molar-refractivity contribution in [1.29, 1.82) is 0 Å². The van der Waals surface area contributed by atoms with Crippen molar-refractivity contribution in [2.24, 2.45) is 0 Å². The van der Waals surface area contributed by atoms with Crippen LogP contribution in [0.3, 0.4) is 0 Å². The van der Waals surface area contributed by atoms with E-state index in [-0.39, 0.29) is 12.0 Å². The predicted octanol–water partition coefficient (Wildman–Crippen LogP) is 1.91. The molecule has 0 N–H and O–H groups in total. The molecular formula is C10H9FO2. The first-order valence-corrected chi connectivity index (χ1v) is 3.88. The summed E-state index contributed by atoms with van der Waals surface area (Å²) in [6.07, 6.45) is 0.210. The molecule has 1 rings (SSSR count). The Hall–Kier alpha value is -1.51. The third-order valence-corrected chi connectivity index (χ3v) is 1.69. The van der Waals surface area contributed by atoms with E-state index in [1.54, 1.807) is 13.0 Å². The number of benzene rings is 1. The quantitative estimate of drug-likeness (QED) is 0.404. The SMILES string of the molecule is Cc1ccc(C(=O)CC=O)c(F)c1. The van der Waals surface area contributed by atoms with Gasteiger partial charge >= 0.3 is 0 Å². The zero-order valence-corrected chi connectivity index (χ0v) is 7.21. The van der Waals surface area contributed by atoms with Crippen LogP contribution in [0.1, 0.15) is 22.3 Å². The lowest BCUT2D eigenvalue weighted by Gasteiger charge is -1.99. The molecule has 2 nitrogen and oxygen atoms in total. The van der Waals surface area contributed by atoms with Gasteiger partial charge in [-0.1, -0.05) is 6.07 Å². The Labute approximate surface area is 75.4 Å². The van der Waals surface area contributed by atoms with Crippen LogP contribution in [0, 0.1) is 12.7 Å². The molecule has 1 aromatic carbocycles. The molecule has 0 bridgehead atoms. The van der Waals surface area contributed by atoms with E-state index in [2.05, 4.69) is 0 Å². The monoisotopic (exact) mass is 180 g/mol. The lowest BCUT2D eigenvalue weighted by molar-refractivity contribution is -0.107.